The first-order valence-corrected chi connectivity index (χ1v) is 12.3. The van der Waals surface area contributed by atoms with Crippen molar-refractivity contribution < 1.29 is 0 Å². The van der Waals surface area contributed by atoms with E-state index in [1.807, 2.05) is 0 Å². The normalized spacial score (nSPS) is 11.1. The van der Waals surface area contributed by atoms with E-state index in [0.29, 0.717) is 0 Å². The van der Waals surface area contributed by atoms with Crippen molar-refractivity contribution in [1.82, 2.24) is 0 Å². The fraction of sp³-hybridized carbons (Fsp3) is 0.0588. The van der Waals surface area contributed by atoms with Crippen LogP contribution in [0.5, 0.6) is 0 Å². The number of nitrogens with zero attached hydrogens (tertiary/aromatic N) is 1. The second kappa shape index (κ2) is 9.12. The van der Waals surface area contributed by atoms with Gasteiger partial charge in [0.1, 0.15) is 0 Å². The molecule has 0 heterocycles. The van der Waals surface area contributed by atoms with Crippen LogP contribution in [-0.4, -0.2) is 6.54 Å². The molecule has 0 aliphatic heterocycles. The largest absolute Gasteiger partial charge is 0.342 e. The highest BCUT2D eigenvalue weighted by Gasteiger charge is 2.12. The van der Waals surface area contributed by atoms with Crippen LogP contribution in [0.2, 0.25) is 0 Å². The number of hydrogen-bond donors (Lipinski definition) is 0. The molecule has 0 aliphatic rings. The molecule has 168 valence electrons. The van der Waals surface area contributed by atoms with E-state index >= 15 is 0 Å². The van der Waals surface area contributed by atoms with Crippen LogP contribution in [0.3, 0.4) is 0 Å². The lowest BCUT2D eigenvalue weighted by atomic mass is 9.93. The zero-order valence-corrected chi connectivity index (χ0v) is 19.9. The molecule has 0 fully saturated rings. The molecule has 0 saturated carbocycles. The maximum atomic E-state index is 2.38. The third-order valence-electron chi connectivity index (χ3n) is 6.84. The second-order valence-corrected chi connectivity index (χ2v) is 8.90. The van der Waals surface area contributed by atoms with E-state index in [9.17, 15) is 0 Å². The van der Waals surface area contributed by atoms with Crippen LogP contribution < -0.4 is 4.90 Å². The molecule has 6 aromatic rings. The molecule has 1 heteroatoms. The number of benzene rings is 6. The van der Waals surface area contributed by atoms with Gasteiger partial charge in [0, 0.05) is 17.9 Å². The Bertz CT molecular complexity index is 1610. The molecular formula is C34H27N. The molecule has 6 aromatic carbocycles. The van der Waals surface area contributed by atoms with Gasteiger partial charge < -0.3 is 4.90 Å². The molecule has 0 saturated heterocycles. The smallest absolute Gasteiger partial charge is 0.0416 e. The second-order valence-electron chi connectivity index (χ2n) is 8.90. The Hall–Kier alpha value is -4.36. The van der Waals surface area contributed by atoms with E-state index in [-0.39, 0.29) is 0 Å². The monoisotopic (exact) mass is 449 g/mol. The van der Waals surface area contributed by atoms with Crippen molar-refractivity contribution in [1.29, 1.82) is 0 Å². The summed E-state index contributed by atoms with van der Waals surface area (Å²) in [6.07, 6.45) is 0. The van der Waals surface area contributed by atoms with Gasteiger partial charge >= 0.3 is 0 Å². The minimum Gasteiger partial charge on any atom is -0.342 e. The van der Waals surface area contributed by atoms with Crippen LogP contribution in [0, 0.1) is 0 Å². The van der Waals surface area contributed by atoms with Crippen LogP contribution >= 0.6 is 0 Å². The average Bonchev–Trinajstić information content (AvgIpc) is 2.94. The summed E-state index contributed by atoms with van der Waals surface area (Å²) < 4.78 is 0. The topological polar surface area (TPSA) is 3.24 Å². The summed E-state index contributed by atoms with van der Waals surface area (Å²) in [6.45, 7) is 3.11. The Labute approximate surface area is 206 Å². The van der Waals surface area contributed by atoms with Gasteiger partial charge in [-0.2, -0.15) is 0 Å². The fourth-order valence-electron chi connectivity index (χ4n) is 5.11. The molecule has 35 heavy (non-hydrogen) atoms. The quantitative estimate of drug-likeness (QED) is 0.237. The van der Waals surface area contributed by atoms with Gasteiger partial charge in [0.25, 0.3) is 0 Å². The van der Waals surface area contributed by atoms with E-state index in [0.717, 1.165) is 6.54 Å². The van der Waals surface area contributed by atoms with Crippen molar-refractivity contribution in [2.24, 2.45) is 0 Å². The van der Waals surface area contributed by atoms with Crippen molar-refractivity contribution >= 4 is 32.9 Å². The summed E-state index contributed by atoms with van der Waals surface area (Å²) in [5, 5.41) is 5.17. The van der Waals surface area contributed by atoms with Gasteiger partial charge in [-0.05, 0) is 81.1 Å². The Morgan fingerprint density at radius 1 is 0.457 bits per heavy atom. The van der Waals surface area contributed by atoms with Gasteiger partial charge in [0.05, 0.1) is 0 Å². The molecule has 0 N–H and O–H groups in total. The fourth-order valence-corrected chi connectivity index (χ4v) is 5.11. The zero-order valence-electron chi connectivity index (χ0n) is 19.9. The molecule has 6 rings (SSSR count). The number of fused-ring (bicyclic) bond motifs is 3. The first-order valence-electron chi connectivity index (χ1n) is 12.3. The van der Waals surface area contributed by atoms with Crippen LogP contribution in [-0.2, 0) is 0 Å². The molecule has 0 amide bonds. The zero-order chi connectivity index (χ0) is 23.6. The maximum Gasteiger partial charge on any atom is 0.0416 e. The third-order valence-corrected chi connectivity index (χ3v) is 6.84. The van der Waals surface area contributed by atoms with Crippen LogP contribution in [0.1, 0.15) is 6.92 Å². The lowest BCUT2D eigenvalue weighted by Gasteiger charge is -2.24. The van der Waals surface area contributed by atoms with Gasteiger partial charge in [-0.1, -0.05) is 103 Å². The summed E-state index contributed by atoms with van der Waals surface area (Å²) in [7, 11) is 0. The van der Waals surface area contributed by atoms with Gasteiger partial charge in [0.2, 0.25) is 0 Å². The van der Waals surface area contributed by atoms with E-state index in [2.05, 4.69) is 145 Å². The Balaban J connectivity index is 1.42. The Kier molecular flexibility index (Phi) is 5.52. The van der Waals surface area contributed by atoms with Gasteiger partial charge in [-0.3, -0.25) is 0 Å². The minimum absolute atomic E-state index is 0.895. The first kappa shape index (κ1) is 21.2. The molecule has 0 bridgehead atoms. The molecule has 0 unspecified atom stereocenters. The molecular weight excluding hydrogens is 422 g/mol. The van der Waals surface area contributed by atoms with Crippen LogP contribution in [0.25, 0.3) is 43.8 Å². The Morgan fingerprint density at radius 3 is 1.86 bits per heavy atom. The predicted molar refractivity (Wildman–Crippen MR) is 151 cm³/mol. The van der Waals surface area contributed by atoms with Gasteiger partial charge in [0.15, 0.2) is 0 Å². The SMILES string of the molecule is CCN(c1ccc(-c2ccccc2)cc1)c1cccc(-c2cc3ccccc3c3ccccc23)c1. The van der Waals surface area contributed by atoms with Gasteiger partial charge in [-0.15, -0.1) is 0 Å². The first-order chi connectivity index (χ1) is 17.3. The molecule has 1 nitrogen and oxygen atoms in total. The average molecular weight is 450 g/mol. The maximum absolute atomic E-state index is 2.38. The summed E-state index contributed by atoms with van der Waals surface area (Å²) in [5.74, 6) is 0. The number of anilines is 2. The highest BCUT2D eigenvalue weighted by molar-refractivity contribution is 6.13. The minimum atomic E-state index is 0.895. The molecule has 0 aliphatic carbocycles. The van der Waals surface area contributed by atoms with E-state index in [1.165, 1.54) is 55.2 Å². The van der Waals surface area contributed by atoms with Crippen LogP contribution in [0.4, 0.5) is 11.4 Å². The summed E-state index contributed by atoms with van der Waals surface area (Å²) in [5.41, 5.74) is 7.40. The summed E-state index contributed by atoms with van der Waals surface area (Å²) in [6, 6.07) is 48.1. The van der Waals surface area contributed by atoms with Crippen LogP contribution in [0.15, 0.2) is 133 Å². The lowest BCUT2D eigenvalue weighted by Crippen LogP contribution is -2.15. The van der Waals surface area contributed by atoms with E-state index < -0.39 is 0 Å². The molecule has 0 spiro atoms. The van der Waals surface area contributed by atoms with Crippen molar-refractivity contribution in [3.8, 4) is 22.3 Å². The third kappa shape index (κ3) is 3.96. The van der Waals surface area contributed by atoms with Gasteiger partial charge in [-0.25, -0.2) is 0 Å². The predicted octanol–water partition coefficient (Wildman–Crippen LogP) is 9.48. The summed E-state index contributed by atoms with van der Waals surface area (Å²) in [4.78, 5) is 2.38. The summed E-state index contributed by atoms with van der Waals surface area (Å²) >= 11 is 0. The molecule has 0 aromatic heterocycles. The van der Waals surface area contributed by atoms with E-state index in [4.69, 9.17) is 0 Å². The van der Waals surface area contributed by atoms with E-state index in [1.54, 1.807) is 0 Å². The van der Waals surface area contributed by atoms with Crippen molar-refractivity contribution in [2.75, 3.05) is 11.4 Å². The highest BCUT2D eigenvalue weighted by Crippen LogP contribution is 2.37. The lowest BCUT2D eigenvalue weighted by molar-refractivity contribution is 1.02. The number of rotatable bonds is 5. The van der Waals surface area contributed by atoms with Crippen molar-refractivity contribution in [2.45, 2.75) is 6.92 Å². The molecule has 0 radical (unpaired) electrons. The Morgan fingerprint density at radius 2 is 1.09 bits per heavy atom. The highest BCUT2D eigenvalue weighted by atomic mass is 15.1. The standard InChI is InChI=1S/C34H27N/c1-2-35(29-21-19-26(20-22-29)25-11-4-3-5-12-25)30-15-10-14-27(23-30)34-24-28-13-6-7-16-31(28)32-17-8-9-18-33(32)34/h3-24H,2H2,1H3. The van der Waals surface area contributed by atoms with Crippen molar-refractivity contribution in [3.05, 3.63) is 133 Å². The van der Waals surface area contributed by atoms with Crippen molar-refractivity contribution in [3.63, 3.8) is 0 Å². The number of hydrogen-bond acceptors (Lipinski definition) is 1. The molecule has 0 atom stereocenters.